The van der Waals surface area contributed by atoms with Crippen molar-refractivity contribution in [1.29, 1.82) is 0 Å². The molecule has 0 spiro atoms. The van der Waals surface area contributed by atoms with Crippen LogP contribution in [0.1, 0.15) is 17.3 Å². The predicted molar refractivity (Wildman–Crippen MR) is 74.5 cm³/mol. The number of aromatic amines is 1. The van der Waals surface area contributed by atoms with E-state index >= 15 is 0 Å². The SMILES string of the molecule is CC(=O)c1cc(N)ccc1Oc1ccc2n[nH]c(=O)n2n1. The van der Waals surface area contributed by atoms with Crippen molar-refractivity contribution in [3.63, 3.8) is 0 Å². The Hall–Kier alpha value is -3.16. The molecule has 0 atom stereocenters. The van der Waals surface area contributed by atoms with Gasteiger partial charge in [0.1, 0.15) is 5.75 Å². The Balaban J connectivity index is 2.04. The Bertz CT molecular complexity index is 896. The van der Waals surface area contributed by atoms with E-state index in [-0.39, 0.29) is 11.7 Å². The molecule has 2 heterocycles. The van der Waals surface area contributed by atoms with E-state index in [0.29, 0.717) is 22.6 Å². The number of H-pyrrole nitrogens is 1. The monoisotopic (exact) mass is 285 g/mol. The first-order valence-corrected chi connectivity index (χ1v) is 6.07. The second kappa shape index (κ2) is 4.75. The molecule has 0 fully saturated rings. The summed E-state index contributed by atoms with van der Waals surface area (Å²) in [7, 11) is 0. The van der Waals surface area contributed by atoms with Gasteiger partial charge in [0, 0.05) is 11.8 Å². The van der Waals surface area contributed by atoms with Gasteiger partial charge in [-0.15, -0.1) is 5.10 Å². The van der Waals surface area contributed by atoms with Gasteiger partial charge in [-0.1, -0.05) is 0 Å². The molecule has 0 unspecified atom stereocenters. The van der Waals surface area contributed by atoms with Crippen LogP contribution in [0.2, 0.25) is 0 Å². The van der Waals surface area contributed by atoms with E-state index in [1.165, 1.54) is 13.0 Å². The van der Waals surface area contributed by atoms with E-state index in [1.807, 2.05) is 0 Å². The molecular weight excluding hydrogens is 274 g/mol. The maximum atomic E-state index is 11.6. The Morgan fingerprint density at radius 2 is 2.14 bits per heavy atom. The van der Waals surface area contributed by atoms with Crippen LogP contribution in [0.15, 0.2) is 35.1 Å². The quantitative estimate of drug-likeness (QED) is 0.547. The second-order valence-corrected chi connectivity index (χ2v) is 4.38. The number of nitrogens with one attached hydrogen (secondary N) is 1. The van der Waals surface area contributed by atoms with Gasteiger partial charge in [0.15, 0.2) is 11.4 Å². The Kier molecular flexibility index (Phi) is 2.90. The number of nitrogens with two attached hydrogens (primary N) is 1. The normalized spacial score (nSPS) is 10.7. The summed E-state index contributed by atoms with van der Waals surface area (Å²) < 4.78 is 6.64. The fraction of sp³-hybridized carbons (Fsp3) is 0.0769. The molecule has 21 heavy (non-hydrogen) atoms. The zero-order valence-electron chi connectivity index (χ0n) is 11.0. The topological polar surface area (TPSA) is 115 Å². The van der Waals surface area contributed by atoms with Crippen LogP contribution >= 0.6 is 0 Å². The molecule has 3 rings (SSSR count). The van der Waals surface area contributed by atoms with Crippen LogP contribution in [0.3, 0.4) is 0 Å². The van der Waals surface area contributed by atoms with Gasteiger partial charge in [-0.3, -0.25) is 4.79 Å². The molecule has 0 bridgehead atoms. The Labute approximate surface area is 118 Å². The van der Waals surface area contributed by atoms with Crippen LogP contribution in [0, 0.1) is 0 Å². The average Bonchev–Trinajstić information content (AvgIpc) is 2.82. The molecule has 0 amide bonds. The Morgan fingerprint density at radius 1 is 1.33 bits per heavy atom. The van der Waals surface area contributed by atoms with Crippen molar-refractivity contribution >= 4 is 17.1 Å². The lowest BCUT2D eigenvalue weighted by Crippen LogP contribution is -2.12. The largest absolute Gasteiger partial charge is 0.437 e. The number of ketones is 1. The number of aromatic nitrogens is 4. The summed E-state index contributed by atoms with van der Waals surface area (Å²) >= 11 is 0. The maximum absolute atomic E-state index is 11.6. The molecule has 3 aromatic rings. The van der Waals surface area contributed by atoms with Crippen LogP contribution in [-0.2, 0) is 0 Å². The van der Waals surface area contributed by atoms with Crippen molar-refractivity contribution in [2.75, 3.05) is 5.73 Å². The highest BCUT2D eigenvalue weighted by Gasteiger charge is 2.11. The number of anilines is 1. The first-order chi connectivity index (χ1) is 10.0. The van der Waals surface area contributed by atoms with Crippen molar-refractivity contribution < 1.29 is 9.53 Å². The number of fused-ring (bicyclic) bond motifs is 1. The number of hydrogen-bond acceptors (Lipinski definition) is 6. The van der Waals surface area contributed by atoms with Crippen LogP contribution in [-0.4, -0.2) is 25.6 Å². The second-order valence-electron chi connectivity index (χ2n) is 4.38. The molecule has 0 saturated carbocycles. The molecule has 3 N–H and O–H groups in total. The number of rotatable bonds is 3. The minimum Gasteiger partial charge on any atom is -0.437 e. The third-order valence-corrected chi connectivity index (χ3v) is 2.85. The lowest BCUT2D eigenvalue weighted by Gasteiger charge is -2.09. The number of ether oxygens (including phenoxy) is 1. The van der Waals surface area contributed by atoms with Crippen LogP contribution < -0.4 is 16.2 Å². The van der Waals surface area contributed by atoms with E-state index in [1.54, 1.807) is 24.3 Å². The average molecular weight is 285 g/mol. The highest BCUT2D eigenvalue weighted by molar-refractivity contribution is 5.97. The molecule has 106 valence electrons. The standard InChI is InChI=1S/C13H11N5O3/c1-7(19)9-6-8(14)2-3-10(9)21-12-5-4-11-15-16-13(20)18(11)17-12/h2-6H,14H2,1H3,(H,16,20). The third-order valence-electron chi connectivity index (χ3n) is 2.85. The van der Waals surface area contributed by atoms with Gasteiger partial charge in [-0.05, 0) is 31.2 Å². The first-order valence-electron chi connectivity index (χ1n) is 6.07. The minimum absolute atomic E-state index is 0.165. The third kappa shape index (κ3) is 2.34. The number of nitrogen functional groups attached to an aromatic ring is 1. The highest BCUT2D eigenvalue weighted by atomic mass is 16.5. The lowest BCUT2D eigenvalue weighted by molar-refractivity contribution is 0.101. The predicted octanol–water partition coefficient (Wildman–Crippen LogP) is 0.995. The van der Waals surface area contributed by atoms with Gasteiger partial charge < -0.3 is 10.5 Å². The fourth-order valence-electron chi connectivity index (χ4n) is 1.86. The Morgan fingerprint density at radius 3 is 2.90 bits per heavy atom. The van der Waals surface area contributed by atoms with Crippen molar-refractivity contribution in [2.45, 2.75) is 6.92 Å². The zero-order valence-corrected chi connectivity index (χ0v) is 11.0. The van der Waals surface area contributed by atoms with Crippen molar-refractivity contribution in [3.05, 3.63) is 46.4 Å². The summed E-state index contributed by atoms with van der Waals surface area (Å²) in [4.78, 5) is 23.1. The molecule has 2 aromatic heterocycles. The summed E-state index contributed by atoms with van der Waals surface area (Å²) in [6.07, 6.45) is 0. The molecule has 8 heteroatoms. The van der Waals surface area contributed by atoms with Crippen molar-refractivity contribution in [2.24, 2.45) is 0 Å². The fourth-order valence-corrected chi connectivity index (χ4v) is 1.86. The number of benzene rings is 1. The summed E-state index contributed by atoms with van der Waals surface area (Å²) in [5.74, 6) is 0.303. The molecule has 0 aliphatic carbocycles. The summed E-state index contributed by atoms with van der Waals surface area (Å²) in [6.45, 7) is 1.42. The zero-order chi connectivity index (χ0) is 15.0. The molecule has 0 aliphatic rings. The van der Waals surface area contributed by atoms with E-state index in [9.17, 15) is 9.59 Å². The van der Waals surface area contributed by atoms with Crippen LogP contribution in [0.25, 0.3) is 5.65 Å². The van der Waals surface area contributed by atoms with E-state index < -0.39 is 5.69 Å². The van der Waals surface area contributed by atoms with Gasteiger partial charge in [-0.25, -0.2) is 9.89 Å². The number of nitrogens with zero attached hydrogens (tertiary/aromatic N) is 3. The molecule has 0 aliphatic heterocycles. The van der Waals surface area contributed by atoms with E-state index in [4.69, 9.17) is 10.5 Å². The van der Waals surface area contributed by atoms with Crippen molar-refractivity contribution in [1.82, 2.24) is 19.8 Å². The summed E-state index contributed by atoms with van der Waals surface area (Å²) in [5, 5.41) is 10.0. The number of carbonyl (C=O) groups is 1. The minimum atomic E-state index is -0.473. The van der Waals surface area contributed by atoms with Gasteiger partial charge in [0.25, 0.3) is 0 Å². The smallest absolute Gasteiger partial charge is 0.364 e. The highest BCUT2D eigenvalue weighted by Crippen LogP contribution is 2.26. The summed E-state index contributed by atoms with van der Waals surface area (Å²) in [6, 6.07) is 7.85. The molecule has 0 saturated heterocycles. The number of carbonyl (C=O) groups excluding carboxylic acids is 1. The van der Waals surface area contributed by atoms with Crippen LogP contribution in [0.4, 0.5) is 5.69 Å². The van der Waals surface area contributed by atoms with Crippen LogP contribution in [0.5, 0.6) is 11.6 Å². The van der Waals surface area contributed by atoms with E-state index in [2.05, 4.69) is 15.3 Å². The lowest BCUT2D eigenvalue weighted by atomic mass is 10.1. The molecule has 1 aromatic carbocycles. The van der Waals surface area contributed by atoms with Gasteiger partial charge in [0.2, 0.25) is 5.88 Å². The van der Waals surface area contributed by atoms with Gasteiger partial charge in [0.05, 0.1) is 5.56 Å². The van der Waals surface area contributed by atoms with Gasteiger partial charge >= 0.3 is 5.69 Å². The first kappa shape index (κ1) is 12.9. The van der Waals surface area contributed by atoms with E-state index in [0.717, 1.165) is 4.52 Å². The van der Waals surface area contributed by atoms with Crippen molar-refractivity contribution in [3.8, 4) is 11.6 Å². The van der Waals surface area contributed by atoms with Gasteiger partial charge in [-0.2, -0.15) is 9.61 Å². The number of Topliss-reactive ketones (excluding diaryl/α,β-unsaturated/α-hetero) is 1. The maximum Gasteiger partial charge on any atom is 0.364 e. The number of hydrogen-bond donors (Lipinski definition) is 2. The molecule has 8 nitrogen and oxygen atoms in total. The molecule has 0 radical (unpaired) electrons. The summed E-state index contributed by atoms with van der Waals surface area (Å²) in [5.41, 5.74) is 6.36. The molecular formula is C13H11N5O3.